The number of piperidine rings is 1. The van der Waals surface area contributed by atoms with Gasteiger partial charge in [-0.05, 0) is 55.5 Å². The van der Waals surface area contributed by atoms with Crippen molar-refractivity contribution in [3.8, 4) is 11.4 Å². The van der Waals surface area contributed by atoms with Gasteiger partial charge in [-0.3, -0.25) is 4.79 Å². The fourth-order valence-corrected chi connectivity index (χ4v) is 3.69. The van der Waals surface area contributed by atoms with Crippen LogP contribution in [0.2, 0.25) is 0 Å². The Bertz CT molecular complexity index is 979. The van der Waals surface area contributed by atoms with Gasteiger partial charge in [0, 0.05) is 42.6 Å². The van der Waals surface area contributed by atoms with Crippen molar-refractivity contribution >= 4 is 17.5 Å². The van der Waals surface area contributed by atoms with Gasteiger partial charge in [0.1, 0.15) is 6.04 Å². The molecule has 2 aromatic heterocycles. The van der Waals surface area contributed by atoms with Crippen LogP contribution in [0.5, 0.6) is 0 Å². The van der Waals surface area contributed by atoms with Crippen molar-refractivity contribution < 1.29 is 4.79 Å². The van der Waals surface area contributed by atoms with E-state index in [1.54, 1.807) is 36.9 Å². The molecular weight excluding hydrogens is 364 g/mol. The number of anilines is 2. The van der Waals surface area contributed by atoms with Crippen LogP contribution in [0.25, 0.3) is 11.4 Å². The van der Waals surface area contributed by atoms with Crippen LogP contribution in [0, 0.1) is 12.8 Å². The fraction of sp³-hybridized carbons (Fsp3) is 0.318. The van der Waals surface area contributed by atoms with Gasteiger partial charge in [-0.2, -0.15) is 0 Å². The molecule has 148 valence electrons. The minimum atomic E-state index is -0.300. The van der Waals surface area contributed by atoms with Gasteiger partial charge < -0.3 is 10.2 Å². The quantitative estimate of drug-likeness (QED) is 0.737. The standard InChI is InChI=1S/C22H24N6O/c1-15-5-8-19(28(14-15)22-25-11-4-12-26-22)21(29)27-17-7-6-16(2)18(13-17)20-23-9-3-10-24-20/h3-4,6-7,9-13,15,19H,5,8,14H2,1-2H3,(H,27,29)/t15?,19-/m1/s1. The maximum absolute atomic E-state index is 13.2. The molecule has 1 amide bonds. The zero-order valence-corrected chi connectivity index (χ0v) is 16.6. The molecular formula is C22H24N6O. The van der Waals surface area contributed by atoms with E-state index in [4.69, 9.17) is 0 Å². The summed E-state index contributed by atoms with van der Waals surface area (Å²) in [6.45, 7) is 4.96. The molecule has 7 heteroatoms. The number of aryl methyl sites for hydroxylation is 1. The van der Waals surface area contributed by atoms with Gasteiger partial charge in [0.2, 0.25) is 11.9 Å². The Morgan fingerprint density at radius 1 is 1.03 bits per heavy atom. The summed E-state index contributed by atoms with van der Waals surface area (Å²) in [6, 6.07) is 9.08. The number of carbonyl (C=O) groups excluding carboxylic acids is 1. The van der Waals surface area contributed by atoms with Gasteiger partial charge >= 0.3 is 0 Å². The molecule has 2 atom stereocenters. The molecule has 0 saturated carbocycles. The second-order valence-corrected chi connectivity index (χ2v) is 7.49. The molecule has 1 aromatic carbocycles. The normalized spacial score (nSPS) is 19.0. The van der Waals surface area contributed by atoms with Crippen molar-refractivity contribution in [2.45, 2.75) is 32.7 Å². The van der Waals surface area contributed by atoms with E-state index < -0.39 is 0 Å². The zero-order chi connectivity index (χ0) is 20.2. The summed E-state index contributed by atoms with van der Waals surface area (Å²) >= 11 is 0. The molecule has 0 radical (unpaired) electrons. The van der Waals surface area contributed by atoms with E-state index in [2.05, 4.69) is 32.2 Å². The Morgan fingerprint density at radius 3 is 2.45 bits per heavy atom. The van der Waals surface area contributed by atoms with Crippen LogP contribution < -0.4 is 10.2 Å². The monoisotopic (exact) mass is 388 g/mol. The average molecular weight is 388 g/mol. The molecule has 7 nitrogen and oxygen atoms in total. The Morgan fingerprint density at radius 2 is 1.72 bits per heavy atom. The summed E-state index contributed by atoms with van der Waals surface area (Å²) < 4.78 is 0. The number of hydrogen-bond donors (Lipinski definition) is 1. The molecule has 1 N–H and O–H groups in total. The second-order valence-electron chi connectivity index (χ2n) is 7.49. The fourth-order valence-electron chi connectivity index (χ4n) is 3.69. The van der Waals surface area contributed by atoms with Crippen molar-refractivity contribution in [2.75, 3.05) is 16.8 Å². The average Bonchev–Trinajstić information content (AvgIpc) is 2.76. The van der Waals surface area contributed by atoms with Crippen LogP contribution in [0.4, 0.5) is 11.6 Å². The lowest BCUT2D eigenvalue weighted by atomic mass is 9.94. The molecule has 3 heterocycles. The minimum Gasteiger partial charge on any atom is -0.329 e. The van der Waals surface area contributed by atoms with Gasteiger partial charge in [0.25, 0.3) is 0 Å². The van der Waals surface area contributed by atoms with Crippen LogP contribution in [0.1, 0.15) is 25.3 Å². The maximum Gasteiger partial charge on any atom is 0.247 e. The summed E-state index contributed by atoms with van der Waals surface area (Å²) in [5, 5.41) is 3.07. The van der Waals surface area contributed by atoms with Crippen LogP contribution in [0.15, 0.2) is 55.1 Å². The topological polar surface area (TPSA) is 83.9 Å². The van der Waals surface area contributed by atoms with Crippen LogP contribution >= 0.6 is 0 Å². The van der Waals surface area contributed by atoms with E-state index in [0.717, 1.165) is 36.2 Å². The van der Waals surface area contributed by atoms with Crippen LogP contribution in [-0.4, -0.2) is 38.4 Å². The SMILES string of the molecule is Cc1ccc(NC(=O)[C@H]2CCC(C)CN2c2ncccn2)cc1-c1ncccn1. The number of aromatic nitrogens is 4. The highest BCUT2D eigenvalue weighted by atomic mass is 16.2. The van der Waals surface area contributed by atoms with Gasteiger partial charge in [-0.15, -0.1) is 0 Å². The lowest BCUT2D eigenvalue weighted by molar-refractivity contribution is -0.118. The Labute approximate surface area is 170 Å². The van der Waals surface area contributed by atoms with Gasteiger partial charge in [-0.25, -0.2) is 19.9 Å². The summed E-state index contributed by atoms with van der Waals surface area (Å²) in [4.78, 5) is 32.5. The zero-order valence-electron chi connectivity index (χ0n) is 16.6. The number of rotatable bonds is 4. The molecule has 3 aromatic rings. The first-order valence-corrected chi connectivity index (χ1v) is 9.84. The molecule has 1 saturated heterocycles. The van der Waals surface area contributed by atoms with Crippen LogP contribution in [0.3, 0.4) is 0 Å². The molecule has 0 bridgehead atoms. The number of nitrogens with one attached hydrogen (secondary N) is 1. The molecule has 1 aliphatic rings. The lowest BCUT2D eigenvalue weighted by Gasteiger charge is -2.37. The van der Waals surface area contributed by atoms with Gasteiger partial charge in [0.05, 0.1) is 0 Å². The highest BCUT2D eigenvalue weighted by molar-refractivity contribution is 5.97. The number of nitrogens with zero attached hydrogens (tertiary/aromatic N) is 5. The highest BCUT2D eigenvalue weighted by Gasteiger charge is 2.33. The van der Waals surface area contributed by atoms with E-state index in [9.17, 15) is 4.79 Å². The lowest BCUT2D eigenvalue weighted by Crippen LogP contribution is -2.50. The van der Waals surface area contributed by atoms with Crippen molar-refractivity contribution in [3.05, 3.63) is 60.7 Å². The van der Waals surface area contributed by atoms with E-state index in [0.29, 0.717) is 17.7 Å². The summed E-state index contributed by atoms with van der Waals surface area (Å²) in [7, 11) is 0. The van der Waals surface area contributed by atoms with Crippen LogP contribution in [-0.2, 0) is 4.79 Å². The predicted octanol–water partition coefficient (Wildman–Crippen LogP) is 3.49. The Hall–Kier alpha value is -3.35. The number of benzene rings is 1. The number of carbonyl (C=O) groups is 1. The number of amides is 1. The summed E-state index contributed by atoms with van der Waals surface area (Å²) in [6.07, 6.45) is 8.62. The number of hydrogen-bond acceptors (Lipinski definition) is 6. The summed E-state index contributed by atoms with van der Waals surface area (Å²) in [5.74, 6) is 1.69. The molecule has 1 aliphatic heterocycles. The third kappa shape index (κ3) is 4.23. The van der Waals surface area contributed by atoms with Crippen molar-refractivity contribution in [2.24, 2.45) is 5.92 Å². The molecule has 0 aliphatic carbocycles. The van der Waals surface area contributed by atoms with E-state index in [-0.39, 0.29) is 11.9 Å². The smallest absolute Gasteiger partial charge is 0.247 e. The van der Waals surface area contributed by atoms with Crippen molar-refractivity contribution in [3.63, 3.8) is 0 Å². The first kappa shape index (κ1) is 19.0. The third-order valence-electron chi connectivity index (χ3n) is 5.24. The van der Waals surface area contributed by atoms with E-state index in [1.807, 2.05) is 30.0 Å². The predicted molar refractivity (Wildman–Crippen MR) is 112 cm³/mol. The highest BCUT2D eigenvalue weighted by Crippen LogP contribution is 2.27. The van der Waals surface area contributed by atoms with Gasteiger partial charge in [0.15, 0.2) is 5.82 Å². The first-order chi connectivity index (χ1) is 14.1. The van der Waals surface area contributed by atoms with E-state index >= 15 is 0 Å². The Kier molecular flexibility index (Phi) is 5.46. The second kappa shape index (κ2) is 8.34. The largest absolute Gasteiger partial charge is 0.329 e. The van der Waals surface area contributed by atoms with Gasteiger partial charge in [-0.1, -0.05) is 13.0 Å². The van der Waals surface area contributed by atoms with E-state index in [1.165, 1.54) is 0 Å². The molecule has 29 heavy (non-hydrogen) atoms. The first-order valence-electron chi connectivity index (χ1n) is 9.84. The third-order valence-corrected chi connectivity index (χ3v) is 5.24. The molecule has 1 unspecified atom stereocenters. The molecule has 0 spiro atoms. The van der Waals surface area contributed by atoms with Crippen molar-refractivity contribution in [1.82, 2.24) is 19.9 Å². The maximum atomic E-state index is 13.2. The Balaban J connectivity index is 1.57. The minimum absolute atomic E-state index is 0.0480. The van der Waals surface area contributed by atoms with Crippen molar-refractivity contribution in [1.29, 1.82) is 0 Å². The molecule has 4 rings (SSSR count). The molecule has 1 fully saturated rings. The summed E-state index contributed by atoms with van der Waals surface area (Å²) in [5.41, 5.74) is 2.69.